The molecule has 2 aliphatic heterocycles. The minimum absolute atomic E-state index is 0.0980. The average Bonchev–Trinajstić information content (AvgIpc) is 2.93. The minimum Gasteiger partial charge on any atom is -0.403 e. The van der Waals surface area contributed by atoms with E-state index < -0.39 is 42.5 Å². The molecule has 10 nitrogen and oxygen atoms in total. The summed E-state index contributed by atoms with van der Waals surface area (Å²) in [5.74, 6) is -2.80. The molecule has 2 aliphatic rings. The van der Waals surface area contributed by atoms with Gasteiger partial charge in [0, 0.05) is 17.3 Å². The minimum atomic E-state index is -4.36. The van der Waals surface area contributed by atoms with Gasteiger partial charge in [0.25, 0.3) is 11.4 Å². The van der Waals surface area contributed by atoms with Crippen LogP contribution >= 0.6 is 20.0 Å². The van der Waals surface area contributed by atoms with Gasteiger partial charge in [-0.25, -0.2) is 8.96 Å². The standard InChI is InChI=1S/C18H23B3FN2O8PS/c1-8-4-3-5-10-7-29-33(28,30-11(8)10)32-18(20,21)16(22)12(25)13(26)17(19,31-16)24-6-9(2)14(27)23-15(24)34/h3-6,12-13,25-26H,7,19-21H2,1-2H3,(H,23,27,34)/t12-,13+,16-,17-,33?/m0/s1. The predicted molar refractivity (Wildman–Crippen MR) is 129 cm³/mol. The fourth-order valence-electron chi connectivity index (χ4n) is 4.12. The van der Waals surface area contributed by atoms with Crippen LogP contribution in [0.2, 0.25) is 0 Å². The normalized spacial score (nSPS) is 33.3. The lowest BCUT2D eigenvalue weighted by atomic mass is 9.59. The van der Waals surface area contributed by atoms with Crippen LogP contribution in [0.15, 0.2) is 29.2 Å². The van der Waals surface area contributed by atoms with Gasteiger partial charge in [-0.15, -0.1) is 0 Å². The third kappa shape index (κ3) is 3.83. The zero-order valence-corrected chi connectivity index (χ0v) is 20.9. The van der Waals surface area contributed by atoms with E-state index in [2.05, 4.69) is 4.98 Å². The number of hydrogen-bond donors (Lipinski definition) is 3. The molecule has 0 saturated carbocycles. The number of aromatic amines is 1. The number of halogens is 1. The summed E-state index contributed by atoms with van der Waals surface area (Å²) in [4.78, 5) is 14.3. The lowest BCUT2D eigenvalue weighted by molar-refractivity contribution is -0.240. The van der Waals surface area contributed by atoms with E-state index in [0.717, 1.165) is 4.57 Å². The molecule has 1 fully saturated rings. The fraction of sp³-hybridized carbons (Fsp3) is 0.444. The summed E-state index contributed by atoms with van der Waals surface area (Å²) >= 11 is 5.16. The largest absolute Gasteiger partial charge is 0.529 e. The van der Waals surface area contributed by atoms with Crippen molar-refractivity contribution in [2.75, 3.05) is 0 Å². The Balaban J connectivity index is 1.69. The van der Waals surface area contributed by atoms with Crippen molar-refractivity contribution in [3.8, 4) is 5.75 Å². The van der Waals surface area contributed by atoms with E-state index in [-0.39, 0.29) is 16.9 Å². The van der Waals surface area contributed by atoms with E-state index in [4.69, 9.17) is 30.5 Å². The Bertz CT molecular complexity index is 1320. The van der Waals surface area contributed by atoms with Gasteiger partial charge in [-0.2, -0.15) is 0 Å². The van der Waals surface area contributed by atoms with Crippen LogP contribution in [-0.2, 0) is 30.6 Å². The molecule has 3 N–H and O–H groups in total. The molecular formula is C18H23B3FN2O8PS. The highest BCUT2D eigenvalue weighted by Gasteiger charge is 2.69. The van der Waals surface area contributed by atoms with Crippen LogP contribution in [0.25, 0.3) is 0 Å². The topological polar surface area (TPSA) is 132 Å². The quantitative estimate of drug-likeness (QED) is 0.265. The van der Waals surface area contributed by atoms with E-state index in [1.54, 1.807) is 25.1 Å². The zero-order chi connectivity index (χ0) is 25.3. The number of H-pyrrole nitrogens is 1. The van der Waals surface area contributed by atoms with E-state index in [1.165, 1.54) is 36.7 Å². The number of ether oxygens (including phenoxy) is 1. The third-order valence-electron chi connectivity index (χ3n) is 6.22. The van der Waals surface area contributed by atoms with E-state index in [0.29, 0.717) is 16.9 Å². The average molecular weight is 510 g/mol. The summed E-state index contributed by atoms with van der Waals surface area (Å²) in [6, 6.07) is 5.26. The molecule has 0 aliphatic carbocycles. The van der Waals surface area contributed by atoms with Crippen molar-refractivity contribution in [3.63, 3.8) is 0 Å². The van der Waals surface area contributed by atoms with E-state index in [9.17, 15) is 19.6 Å². The SMILES string of the molecule is BC(B)(OP1(=O)OCc2cccc(C)c2O1)[C@@]1(F)O[C@@](B)(n2cc(C)c(=O)[nH]c2=S)[C@H](O)[C@@H]1O. The molecule has 2 aromatic rings. The van der Waals surface area contributed by atoms with Gasteiger partial charge in [0.05, 0.1) is 12.0 Å². The summed E-state index contributed by atoms with van der Waals surface area (Å²) in [6.45, 7) is 3.14. The van der Waals surface area contributed by atoms with Crippen LogP contribution in [-0.4, -0.2) is 66.8 Å². The molecule has 16 heteroatoms. The van der Waals surface area contributed by atoms with Gasteiger partial charge in [0.2, 0.25) is 0 Å². The van der Waals surface area contributed by atoms with Crippen LogP contribution in [0.3, 0.4) is 0 Å². The number of fused-ring (bicyclic) bond motifs is 1. The Hall–Kier alpha value is -1.73. The van der Waals surface area contributed by atoms with Gasteiger partial charge >= 0.3 is 7.82 Å². The molecule has 1 aromatic heterocycles. The maximum absolute atomic E-state index is 16.4. The van der Waals surface area contributed by atoms with E-state index in [1.807, 2.05) is 0 Å². The van der Waals surface area contributed by atoms with Gasteiger partial charge in [-0.1, -0.05) is 18.2 Å². The zero-order valence-electron chi connectivity index (χ0n) is 19.2. The maximum atomic E-state index is 16.4. The first-order chi connectivity index (χ1) is 15.6. The number of hydrogen-bond acceptors (Lipinski definition) is 9. The molecule has 5 atom stereocenters. The molecule has 0 radical (unpaired) electrons. The number of aliphatic hydroxyl groups is 2. The molecular weight excluding hydrogens is 487 g/mol. The first kappa shape index (κ1) is 25.4. The molecule has 1 saturated heterocycles. The number of aliphatic hydroxyl groups excluding tert-OH is 2. The second-order valence-electron chi connectivity index (χ2n) is 9.11. The molecule has 1 aromatic carbocycles. The molecule has 0 bridgehead atoms. The second kappa shape index (κ2) is 8.16. The van der Waals surface area contributed by atoms with Crippen LogP contribution < -0.4 is 10.1 Å². The van der Waals surface area contributed by atoms with Crippen molar-refractivity contribution in [2.45, 2.75) is 49.5 Å². The van der Waals surface area contributed by atoms with Gasteiger partial charge in [-0.05, 0) is 31.6 Å². The highest BCUT2D eigenvalue weighted by Crippen LogP contribution is 2.59. The number of nitrogens with one attached hydrogen (secondary N) is 1. The number of alkyl halides is 1. The third-order valence-corrected chi connectivity index (χ3v) is 8.05. The Labute approximate surface area is 202 Å². The first-order valence-electron chi connectivity index (χ1n) is 10.5. The van der Waals surface area contributed by atoms with Gasteiger partial charge in [0.1, 0.15) is 39.3 Å². The van der Waals surface area contributed by atoms with Crippen molar-refractivity contribution in [3.05, 3.63) is 56.2 Å². The predicted octanol–water partition coefficient (Wildman–Crippen LogP) is -1.16. The van der Waals surface area contributed by atoms with Crippen molar-refractivity contribution >= 4 is 43.6 Å². The number of nitrogens with zero attached hydrogens (tertiary/aromatic N) is 1. The molecule has 4 rings (SSSR count). The summed E-state index contributed by atoms with van der Waals surface area (Å²) < 4.78 is 52.7. The molecule has 3 heterocycles. The van der Waals surface area contributed by atoms with Crippen LogP contribution in [0.1, 0.15) is 16.7 Å². The Morgan fingerprint density at radius 2 is 2.00 bits per heavy atom. The number of phosphoric acid groups is 1. The van der Waals surface area contributed by atoms with Crippen LogP contribution in [0.5, 0.6) is 5.75 Å². The van der Waals surface area contributed by atoms with Crippen molar-refractivity contribution < 1.29 is 37.5 Å². The van der Waals surface area contributed by atoms with Crippen LogP contribution in [0, 0.1) is 18.6 Å². The lowest BCUT2D eigenvalue weighted by Crippen LogP contribution is -2.60. The highest BCUT2D eigenvalue weighted by atomic mass is 32.1. The molecule has 180 valence electrons. The number of aryl methyl sites for hydroxylation is 2. The first-order valence-corrected chi connectivity index (χ1v) is 12.3. The summed E-state index contributed by atoms with van der Waals surface area (Å²) in [7, 11) is -0.695. The monoisotopic (exact) mass is 510 g/mol. The molecule has 0 amide bonds. The number of para-hydroxylation sites is 1. The number of benzene rings is 1. The van der Waals surface area contributed by atoms with Gasteiger partial charge < -0.3 is 24.0 Å². The lowest BCUT2D eigenvalue weighted by Gasteiger charge is -2.41. The Kier molecular flexibility index (Phi) is 6.09. The number of aromatic nitrogens is 2. The summed E-state index contributed by atoms with van der Waals surface area (Å²) in [5, 5.41) is 19.4. The smallest absolute Gasteiger partial charge is 0.403 e. The van der Waals surface area contributed by atoms with Crippen molar-refractivity contribution in [1.82, 2.24) is 9.55 Å². The Morgan fingerprint density at radius 1 is 1.32 bits per heavy atom. The Morgan fingerprint density at radius 3 is 2.68 bits per heavy atom. The number of rotatable bonds is 4. The fourth-order valence-corrected chi connectivity index (χ4v) is 6.05. The summed E-state index contributed by atoms with van der Waals surface area (Å²) in [6.07, 6.45) is -2.73. The second-order valence-corrected chi connectivity index (χ2v) is 11.0. The van der Waals surface area contributed by atoms with E-state index >= 15 is 4.39 Å². The van der Waals surface area contributed by atoms with Crippen LogP contribution in [0.4, 0.5) is 4.39 Å². The summed E-state index contributed by atoms with van der Waals surface area (Å²) in [5.41, 5.74) is -0.874. The number of phosphoric ester groups is 1. The van der Waals surface area contributed by atoms with Crippen molar-refractivity contribution in [2.24, 2.45) is 0 Å². The van der Waals surface area contributed by atoms with Gasteiger partial charge in [-0.3, -0.25) is 18.8 Å². The molecule has 0 spiro atoms. The maximum Gasteiger partial charge on any atom is 0.529 e. The van der Waals surface area contributed by atoms with Crippen molar-refractivity contribution in [1.29, 1.82) is 0 Å². The molecule has 34 heavy (non-hydrogen) atoms. The molecule has 1 unspecified atom stereocenters. The van der Waals surface area contributed by atoms with Gasteiger partial charge in [0.15, 0.2) is 12.6 Å². The highest BCUT2D eigenvalue weighted by molar-refractivity contribution is 7.71.